The molecule has 2 heterocycles. The van der Waals surface area contributed by atoms with Gasteiger partial charge in [0.05, 0.1) is 5.56 Å². The number of piperidine rings is 1. The first-order valence-electron chi connectivity index (χ1n) is 13.0. The monoisotopic (exact) mass is 574 g/mol. The lowest BCUT2D eigenvalue weighted by atomic mass is 10.0. The molecule has 2 fully saturated rings. The normalized spacial score (nSPS) is 19.3. The summed E-state index contributed by atoms with van der Waals surface area (Å²) in [6.07, 6.45) is -1.43. The van der Waals surface area contributed by atoms with Crippen molar-refractivity contribution in [3.8, 4) is 0 Å². The molecule has 0 saturated carbocycles. The molecule has 2 aliphatic rings. The first-order valence-corrected chi connectivity index (χ1v) is 13.8. The zero-order valence-electron chi connectivity index (χ0n) is 21.4. The first kappa shape index (κ1) is 29.4. The number of thioether (sulfide) groups is 1. The predicted octanol–water partition coefficient (Wildman–Crippen LogP) is 6.32. The number of piperazine rings is 1. The lowest BCUT2D eigenvalue weighted by Crippen LogP contribution is -2.47. The molecule has 12 heteroatoms. The summed E-state index contributed by atoms with van der Waals surface area (Å²) < 4.78 is 75.9. The van der Waals surface area contributed by atoms with Gasteiger partial charge < -0.3 is 15.1 Å². The van der Waals surface area contributed by atoms with E-state index in [1.165, 1.54) is 24.3 Å². The van der Waals surface area contributed by atoms with Gasteiger partial charge in [0.25, 0.3) is 0 Å². The third-order valence-corrected chi connectivity index (χ3v) is 7.77. The molecule has 1 amide bonds. The quantitative estimate of drug-likeness (QED) is 0.295. The summed E-state index contributed by atoms with van der Waals surface area (Å²) in [5, 5.41) is 3.34. The van der Waals surface area contributed by atoms with Gasteiger partial charge in [-0.1, -0.05) is 0 Å². The van der Waals surface area contributed by atoms with Crippen molar-refractivity contribution < 1.29 is 31.1 Å². The van der Waals surface area contributed by atoms with Gasteiger partial charge in [-0.05, 0) is 86.1 Å². The van der Waals surface area contributed by atoms with Gasteiger partial charge >= 0.3 is 11.7 Å². The Balaban J connectivity index is 1.15. The van der Waals surface area contributed by atoms with Crippen molar-refractivity contribution in [2.24, 2.45) is 0 Å². The molecule has 2 aromatic carbocycles. The molecule has 5 nitrogen and oxygen atoms in total. The number of nitrogens with zero attached hydrogens (tertiary/aromatic N) is 3. The number of benzene rings is 2. The fourth-order valence-corrected chi connectivity index (χ4v) is 5.55. The van der Waals surface area contributed by atoms with Gasteiger partial charge in [-0.15, -0.1) is 0 Å². The van der Waals surface area contributed by atoms with Gasteiger partial charge in [-0.3, -0.25) is 9.69 Å². The number of carbonyl (C=O) groups is 1. The van der Waals surface area contributed by atoms with Crippen LogP contribution < -0.4 is 10.2 Å². The number of anilines is 2. The van der Waals surface area contributed by atoms with E-state index in [4.69, 9.17) is 0 Å². The van der Waals surface area contributed by atoms with Crippen molar-refractivity contribution in [1.82, 2.24) is 9.80 Å². The molecule has 4 rings (SSSR count). The van der Waals surface area contributed by atoms with Crippen LogP contribution in [0.4, 0.5) is 37.7 Å². The van der Waals surface area contributed by atoms with E-state index in [0.29, 0.717) is 32.6 Å². The Morgan fingerprint density at radius 2 is 1.56 bits per heavy atom. The first-order chi connectivity index (χ1) is 18.5. The van der Waals surface area contributed by atoms with E-state index in [1.54, 1.807) is 12.1 Å². The molecule has 2 aliphatic heterocycles. The van der Waals surface area contributed by atoms with Crippen LogP contribution >= 0.6 is 11.8 Å². The van der Waals surface area contributed by atoms with Crippen molar-refractivity contribution in [1.29, 1.82) is 0 Å². The van der Waals surface area contributed by atoms with Crippen LogP contribution in [0.5, 0.6) is 0 Å². The highest BCUT2D eigenvalue weighted by atomic mass is 32.2. The van der Waals surface area contributed by atoms with Crippen molar-refractivity contribution in [3.63, 3.8) is 0 Å². The summed E-state index contributed by atoms with van der Waals surface area (Å²) in [4.78, 5) is 19.2. The second-order valence-corrected chi connectivity index (χ2v) is 11.0. The van der Waals surface area contributed by atoms with E-state index in [-0.39, 0.29) is 28.6 Å². The number of halogens is 6. The average molecular weight is 575 g/mol. The van der Waals surface area contributed by atoms with Crippen LogP contribution in [0, 0.1) is 0 Å². The van der Waals surface area contributed by atoms with Crippen molar-refractivity contribution in [2.45, 2.75) is 48.3 Å². The fraction of sp³-hybridized carbons (Fsp3) is 0.519. The Kier molecular flexibility index (Phi) is 9.58. The molecule has 2 aromatic rings. The Bertz CT molecular complexity index is 1070. The van der Waals surface area contributed by atoms with Gasteiger partial charge in [-0.25, -0.2) is 0 Å². The summed E-state index contributed by atoms with van der Waals surface area (Å²) in [5.74, 6) is 0.0989. The summed E-state index contributed by atoms with van der Waals surface area (Å²) in [6.45, 7) is 5.04. The highest BCUT2D eigenvalue weighted by molar-refractivity contribution is 8.00. The van der Waals surface area contributed by atoms with Crippen LogP contribution in [0.2, 0.25) is 0 Å². The Labute approximate surface area is 228 Å². The lowest BCUT2D eigenvalue weighted by Gasteiger charge is -2.36. The van der Waals surface area contributed by atoms with E-state index >= 15 is 0 Å². The highest BCUT2D eigenvalue weighted by Gasteiger charge is 2.31. The van der Waals surface area contributed by atoms with Gasteiger partial charge in [0.15, 0.2) is 0 Å². The predicted molar refractivity (Wildman–Crippen MR) is 141 cm³/mol. The molecular formula is C27H32F6N4OS. The molecular weight excluding hydrogens is 542 g/mol. The van der Waals surface area contributed by atoms with E-state index in [0.717, 1.165) is 62.4 Å². The number of hydrogen-bond donors (Lipinski definition) is 1. The lowest BCUT2D eigenvalue weighted by molar-refractivity contribution is -0.137. The number of amides is 1. The number of nitrogens with one attached hydrogen (secondary N) is 1. The maximum Gasteiger partial charge on any atom is 0.446 e. The zero-order valence-corrected chi connectivity index (χ0v) is 22.2. The van der Waals surface area contributed by atoms with E-state index in [9.17, 15) is 31.1 Å². The number of likely N-dealkylation sites (tertiary alicyclic amines) is 1. The standard InChI is InChI=1S/C27H32F6N4OS/c28-26(29,30)20-5-9-23(10-6-20)36-17-15-35(16-18-36)13-2-4-25(38)37-14-1-3-22(19-37)34-21-7-11-24(12-8-21)39-27(31,32)33/h5-12,22,34H,1-4,13-19H2/t22-/m0/s1. The minimum Gasteiger partial charge on any atom is -0.381 e. The molecule has 214 valence electrons. The zero-order chi connectivity index (χ0) is 28.0. The second-order valence-electron chi connectivity index (χ2n) is 9.87. The maximum atomic E-state index is 12.8. The Morgan fingerprint density at radius 1 is 0.897 bits per heavy atom. The minimum atomic E-state index is -4.34. The van der Waals surface area contributed by atoms with E-state index < -0.39 is 17.2 Å². The van der Waals surface area contributed by atoms with Crippen LogP contribution in [0.15, 0.2) is 53.4 Å². The average Bonchev–Trinajstić information content (AvgIpc) is 2.89. The van der Waals surface area contributed by atoms with Crippen molar-refractivity contribution in [2.75, 3.05) is 56.0 Å². The van der Waals surface area contributed by atoms with Crippen LogP contribution in [-0.2, 0) is 11.0 Å². The third kappa shape index (κ3) is 8.96. The van der Waals surface area contributed by atoms with Gasteiger partial charge in [-0.2, -0.15) is 26.3 Å². The topological polar surface area (TPSA) is 38.8 Å². The molecule has 0 aliphatic carbocycles. The summed E-state index contributed by atoms with van der Waals surface area (Å²) in [5.41, 5.74) is -3.45. The third-order valence-electron chi connectivity index (χ3n) is 7.03. The van der Waals surface area contributed by atoms with Gasteiger partial charge in [0.1, 0.15) is 0 Å². The molecule has 0 aromatic heterocycles. The second kappa shape index (κ2) is 12.7. The van der Waals surface area contributed by atoms with E-state index in [1.807, 2.05) is 4.90 Å². The number of alkyl halides is 6. The molecule has 1 N–H and O–H groups in total. The summed E-state index contributed by atoms with van der Waals surface area (Å²) in [6, 6.07) is 11.4. The van der Waals surface area contributed by atoms with Crippen LogP contribution in [-0.4, -0.2) is 73.1 Å². The van der Waals surface area contributed by atoms with Gasteiger partial charge in [0, 0.05) is 68.0 Å². The van der Waals surface area contributed by atoms with Crippen molar-refractivity contribution >= 4 is 29.0 Å². The molecule has 0 bridgehead atoms. The smallest absolute Gasteiger partial charge is 0.381 e. The number of carbonyl (C=O) groups excluding carboxylic acids is 1. The maximum absolute atomic E-state index is 12.8. The fourth-order valence-electron chi connectivity index (χ4n) is 5.01. The molecule has 0 radical (unpaired) electrons. The minimum absolute atomic E-state index is 0.0436. The molecule has 2 saturated heterocycles. The highest BCUT2D eigenvalue weighted by Crippen LogP contribution is 2.37. The number of hydrogen-bond acceptors (Lipinski definition) is 5. The largest absolute Gasteiger partial charge is 0.446 e. The summed E-state index contributed by atoms with van der Waals surface area (Å²) in [7, 11) is 0. The Hall–Kier alpha value is -2.60. The summed E-state index contributed by atoms with van der Waals surface area (Å²) >= 11 is -0.143. The number of rotatable bonds is 8. The van der Waals surface area contributed by atoms with Crippen LogP contribution in [0.1, 0.15) is 31.2 Å². The van der Waals surface area contributed by atoms with Crippen LogP contribution in [0.25, 0.3) is 0 Å². The van der Waals surface area contributed by atoms with Crippen molar-refractivity contribution in [3.05, 3.63) is 54.1 Å². The molecule has 1 atom stereocenters. The molecule has 39 heavy (non-hydrogen) atoms. The molecule has 0 unspecified atom stereocenters. The van der Waals surface area contributed by atoms with Crippen LogP contribution in [0.3, 0.4) is 0 Å². The van der Waals surface area contributed by atoms with E-state index in [2.05, 4.69) is 15.1 Å². The van der Waals surface area contributed by atoms with Gasteiger partial charge in [0.2, 0.25) is 5.91 Å². The Morgan fingerprint density at radius 3 is 2.18 bits per heavy atom. The molecule has 0 spiro atoms. The SMILES string of the molecule is O=C(CCCN1CCN(c2ccc(C(F)(F)F)cc2)CC1)N1CCC[C@H](Nc2ccc(SC(F)(F)F)cc2)C1.